The molecule has 5 nitrogen and oxygen atoms in total. The first-order chi connectivity index (χ1) is 10.3. The van der Waals surface area contributed by atoms with Crippen LogP contribution in [0.15, 0.2) is 47.6 Å². The van der Waals surface area contributed by atoms with E-state index >= 15 is 0 Å². The van der Waals surface area contributed by atoms with Gasteiger partial charge in [-0.2, -0.15) is 0 Å². The summed E-state index contributed by atoms with van der Waals surface area (Å²) in [4.78, 5) is 11.3. The first-order valence-electron chi connectivity index (χ1n) is 7.06. The number of benzene rings is 1. The third-order valence-electron chi connectivity index (χ3n) is 3.65. The summed E-state index contributed by atoms with van der Waals surface area (Å²) in [6.45, 7) is 3.69. The highest BCUT2D eigenvalue weighted by molar-refractivity contribution is 7.90. The average molecular weight is 321 g/mol. The molecule has 0 radical (unpaired) electrons. The molecule has 0 bridgehead atoms. The molecule has 0 aliphatic carbocycles. The van der Waals surface area contributed by atoms with Crippen molar-refractivity contribution in [2.75, 3.05) is 0 Å². The molecule has 0 spiro atoms. The average Bonchev–Trinajstić information content (AvgIpc) is 2.94. The molecule has 0 aliphatic heterocycles. The summed E-state index contributed by atoms with van der Waals surface area (Å²) in [7, 11) is -3.63. The van der Waals surface area contributed by atoms with Crippen molar-refractivity contribution in [1.82, 2.24) is 3.97 Å². The van der Waals surface area contributed by atoms with E-state index in [9.17, 15) is 13.2 Å². The van der Waals surface area contributed by atoms with Crippen molar-refractivity contribution < 1.29 is 18.3 Å². The lowest BCUT2D eigenvalue weighted by Gasteiger charge is -2.08. The van der Waals surface area contributed by atoms with Crippen LogP contribution in [0.1, 0.15) is 24.5 Å². The Bertz CT molecular complexity index is 760. The topological polar surface area (TPSA) is 76.4 Å². The van der Waals surface area contributed by atoms with Crippen molar-refractivity contribution in [1.29, 1.82) is 0 Å². The van der Waals surface area contributed by atoms with Crippen molar-refractivity contribution in [2.45, 2.75) is 31.6 Å². The van der Waals surface area contributed by atoms with Gasteiger partial charge < -0.3 is 5.11 Å². The van der Waals surface area contributed by atoms with Crippen LogP contribution in [0.2, 0.25) is 0 Å². The fourth-order valence-electron chi connectivity index (χ4n) is 2.21. The fraction of sp³-hybridized carbons (Fsp3) is 0.312. The van der Waals surface area contributed by atoms with E-state index in [0.29, 0.717) is 18.4 Å². The maximum atomic E-state index is 12.5. The fourth-order valence-corrected chi connectivity index (χ4v) is 3.43. The normalized spacial score (nSPS) is 13.0. The predicted octanol–water partition coefficient (Wildman–Crippen LogP) is 2.69. The molecule has 0 aliphatic rings. The monoisotopic (exact) mass is 321 g/mol. The SMILES string of the molecule is CCC(Cc1ccn(S(=O)(=O)c2ccc(C)cc2)c1)C(=O)O. The van der Waals surface area contributed by atoms with Gasteiger partial charge in [0.15, 0.2) is 0 Å². The molecule has 0 fully saturated rings. The summed E-state index contributed by atoms with van der Waals surface area (Å²) in [6, 6.07) is 8.27. The zero-order valence-electron chi connectivity index (χ0n) is 12.6. The van der Waals surface area contributed by atoms with Crippen LogP contribution in [-0.4, -0.2) is 23.5 Å². The highest BCUT2D eigenvalue weighted by atomic mass is 32.2. The molecule has 1 aromatic heterocycles. The zero-order chi connectivity index (χ0) is 16.3. The zero-order valence-corrected chi connectivity index (χ0v) is 13.4. The van der Waals surface area contributed by atoms with Gasteiger partial charge in [-0.3, -0.25) is 4.79 Å². The van der Waals surface area contributed by atoms with Crippen molar-refractivity contribution in [3.63, 3.8) is 0 Å². The summed E-state index contributed by atoms with van der Waals surface area (Å²) < 4.78 is 26.1. The molecule has 0 saturated carbocycles. The van der Waals surface area contributed by atoms with Gasteiger partial charge in [-0.05, 0) is 43.5 Å². The first-order valence-corrected chi connectivity index (χ1v) is 8.50. The molecule has 1 heterocycles. The van der Waals surface area contributed by atoms with Gasteiger partial charge in [-0.25, -0.2) is 12.4 Å². The van der Waals surface area contributed by atoms with E-state index in [-0.39, 0.29) is 4.90 Å². The molecule has 2 aromatic rings. The van der Waals surface area contributed by atoms with Crippen LogP contribution in [0.4, 0.5) is 0 Å². The second-order valence-electron chi connectivity index (χ2n) is 5.32. The van der Waals surface area contributed by atoms with Gasteiger partial charge in [0.25, 0.3) is 10.0 Å². The number of rotatable bonds is 6. The molecule has 2 rings (SSSR count). The van der Waals surface area contributed by atoms with Crippen molar-refractivity contribution in [3.8, 4) is 0 Å². The Morgan fingerprint density at radius 3 is 2.41 bits per heavy atom. The van der Waals surface area contributed by atoms with Crippen molar-refractivity contribution >= 4 is 16.0 Å². The highest BCUT2D eigenvalue weighted by Gasteiger charge is 2.19. The quantitative estimate of drug-likeness (QED) is 0.887. The minimum Gasteiger partial charge on any atom is -0.481 e. The molecule has 0 amide bonds. The smallest absolute Gasteiger partial charge is 0.306 e. The van der Waals surface area contributed by atoms with E-state index in [1.165, 1.54) is 12.4 Å². The number of carbonyl (C=O) groups is 1. The predicted molar refractivity (Wildman–Crippen MR) is 83.3 cm³/mol. The summed E-state index contributed by atoms with van der Waals surface area (Å²) in [5, 5.41) is 9.08. The molecule has 118 valence electrons. The van der Waals surface area contributed by atoms with Crippen molar-refractivity contribution in [2.24, 2.45) is 5.92 Å². The molecule has 1 unspecified atom stereocenters. The van der Waals surface area contributed by atoms with Gasteiger partial charge in [0.2, 0.25) is 0 Å². The third kappa shape index (κ3) is 3.39. The first kappa shape index (κ1) is 16.3. The maximum Gasteiger partial charge on any atom is 0.306 e. The van der Waals surface area contributed by atoms with E-state index in [2.05, 4.69) is 0 Å². The van der Waals surface area contributed by atoms with E-state index in [1.807, 2.05) is 6.92 Å². The summed E-state index contributed by atoms with van der Waals surface area (Å²) in [5.41, 5.74) is 1.68. The van der Waals surface area contributed by atoms with Crippen molar-refractivity contribution in [3.05, 3.63) is 53.9 Å². The number of aliphatic carboxylic acids is 1. The van der Waals surface area contributed by atoms with Crippen LogP contribution in [0.3, 0.4) is 0 Å². The van der Waals surface area contributed by atoms with Gasteiger partial charge >= 0.3 is 5.97 Å². The highest BCUT2D eigenvalue weighted by Crippen LogP contribution is 2.18. The van der Waals surface area contributed by atoms with Crippen LogP contribution in [0, 0.1) is 12.8 Å². The minimum atomic E-state index is -3.63. The summed E-state index contributed by atoms with van der Waals surface area (Å²) in [5.74, 6) is -1.37. The standard InChI is InChI=1S/C16H19NO4S/c1-3-14(16(18)19)10-13-8-9-17(11-13)22(20,21)15-6-4-12(2)5-7-15/h4-9,11,14H,3,10H2,1-2H3,(H,18,19). The maximum absolute atomic E-state index is 12.5. The Morgan fingerprint density at radius 1 is 1.23 bits per heavy atom. The molecule has 1 atom stereocenters. The van der Waals surface area contributed by atoms with Gasteiger partial charge in [0.05, 0.1) is 10.8 Å². The number of hydrogen-bond donors (Lipinski definition) is 1. The summed E-state index contributed by atoms with van der Waals surface area (Å²) in [6.07, 6.45) is 3.77. The number of aryl methyl sites for hydroxylation is 1. The van der Waals surface area contributed by atoms with Gasteiger partial charge in [0.1, 0.15) is 0 Å². The van der Waals surface area contributed by atoms with E-state index in [4.69, 9.17) is 5.11 Å². The lowest BCUT2D eigenvalue weighted by atomic mass is 9.99. The molecule has 1 N–H and O–H groups in total. The second kappa shape index (κ2) is 6.36. The molecule has 6 heteroatoms. The van der Waals surface area contributed by atoms with Crippen LogP contribution in [0.25, 0.3) is 0 Å². The Hall–Kier alpha value is -2.08. The molecule has 0 saturated heterocycles. The van der Waals surface area contributed by atoms with Crippen LogP contribution < -0.4 is 0 Å². The largest absolute Gasteiger partial charge is 0.481 e. The van der Waals surface area contributed by atoms with Gasteiger partial charge in [0, 0.05) is 12.4 Å². The van der Waals surface area contributed by atoms with Crippen LogP contribution in [-0.2, 0) is 21.2 Å². The Kier molecular flexibility index (Phi) is 4.71. The van der Waals surface area contributed by atoms with E-state index in [1.54, 1.807) is 37.3 Å². The Balaban J connectivity index is 2.27. The minimum absolute atomic E-state index is 0.213. The van der Waals surface area contributed by atoms with Gasteiger partial charge in [-0.1, -0.05) is 24.6 Å². The lowest BCUT2D eigenvalue weighted by molar-refractivity contribution is -0.141. The number of carboxylic acid groups (broad SMARTS) is 1. The summed E-state index contributed by atoms with van der Waals surface area (Å²) >= 11 is 0. The molecule has 22 heavy (non-hydrogen) atoms. The van der Waals surface area contributed by atoms with E-state index in [0.717, 1.165) is 9.54 Å². The van der Waals surface area contributed by atoms with Gasteiger partial charge in [-0.15, -0.1) is 0 Å². The number of hydrogen-bond acceptors (Lipinski definition) is 3. The molecular weight excluding hydrogens is 302 g/mol. The Morgan fingerprint density at radius 2 is 1.86 bits per heavy atom. The number of aromatic nitrogens is 1. The van der Waals surface area contributed by atoms with Crippen LogP contribution in [0.5, 0.6) is 0 Å². The van der Waals surface area contributed by atoms with E-state index < -0.39 is 21.9 Å². The number of carboxylic acids is 1. The number of nitrogens with zero attached hydrogens (tertiary/aromatic N) is 1. The second-order valence-corrected chi connectivity index (χ2v) is 7.16. The lowest BCUT2D eigenvalue weighted by Crippen LogP contribution is -2.15. The van der Waals surface area contributed by atoms with Crippen LogP contribution >= 0.6 is 0 Å². The third-order valence-corrected chi connectivity index (χ3v) is 5.30. The Labute approximate surface area is 130 Å². The molecule has 1 aromatic carbocycles. The molecular formula is C16H19NO4S.